The predicted octanol–water partition coefficient (Wildman–Crippen LogP) is 4.40. The van der Waals surface area contributed by atoms with Gasteiger partial charge in [-0.05, 0) is 18.3 Å². The number of halogens is 3. The fourth-order valence-electron chi connectivity index (χ4n) is 1.60. The lowest BCUT2D eigenvalue weighted by Crippen LogP contribution is -2.37. The SMILES string of the molecule is CCC(C)(CC(C)(C)C)C(F)(F)F. The van der Waals surface area contributed by atoms with Crippen molar-refractivity contribution in [3.63, 3.8) is 0 Å². The van der Waals surface area contributed by atoms with Crippen LogP contribution in [0.1, 0.15) is 47.5 Å². The highest BCUT2D eigenvalue weighted by atomic mass is 19.4. The van der Waals surface area contributed by atoms with E-state index in [-0.39, 0.29) is 18.3 Å². The molecule has 0 radical (unpaired) electrons. The Morgan fingerprint density at radius 1 is 0.923 bits per heavy atom. The van der Waals surface area contributed by atoms with Crippen LogP contribution in [-0.4, -0.2) is 6.18 Å². The van der Waals surface area contributed by atoms with Crippen LogP contribution in [0.5, 0.6) is 0 Å². The van der Waals surface area contributed by atoms with Crippen LogP contribution < -0.4 is 0 Å². The molecular weight excluding hydrogens is 177 g/mol. The molecule has 1 atom stereocenters. The average molecular weight is 196 g/mol. The van der Waals surface area contributed by atoms with Crippen LogP contribution in [0.3, 0.4) is 0 Å². The molecule has 0 amide bonds. The van der Waals surface area contributed by atoms with Crippen molar-refractivity contribution in [2.75, 3.05) is 0 Å². The lowest BCUT2D eigenvalue weighted by molar-refractivity contribution is -0.228. The van der Waals surface area contributed by atoms with Gasteiger partial charge < -0.3 is 0 Å². The fraction of sp³-hybridized carbons (Fsp3) is 1.00. The maximum absolute atomic E-state index is 12.6. The molecule has 0 N–H and O–H groups in total. The van der Waals surface area contributed by atoms with Gasteiger partial charge in [0.15, 0.2) is 0 Å². The molecule has 0 aliphatic carbocycles. The Balaban J connectivity index is 4.67. The van der Waals surface area contributed by atoms with Crippen LogP contribution in [-0.2, 0) is 0 Å². The summed E-state index contributed by atoms with van der Waals surface area (Å²) in [6.07, 6.45) is -3.76. The van der Waals surface area contributed by atoms with E-state index in [4.69, 9.17) is 0 Å². The zero-order valence-electron chi connectivity index (χ0n) is 9.05. The molecular formula is C10H19F3. The van der Waals surface area contributed by atoms with Crippen molar-refractivity contribution in [1.29, 1.82) is 0 Å². The first kappa shape index (κ1) is 12.8. The Morgan fingerprint density at radius 2 is 1.31 bits per heavy atom. The van der Waals surface area contributed by atoms with Crippen molar-refractivity contribution in [1.82, 2.24) is 0 Å². The van der Waals surface area contributed by atoms with E-state index in [1.807, 2.05) is 20.8 Å². The van der Waals surface area contributed by atoms with Crippen LogP contribution >= 0.6 is 0 Å². The number of alkyl halides is 3. The van der Waals surface area contributed by atoms with Gasteiger partial charge >= 0.3 is 6.18 Å². The quantitative estimate of drug-likeness (QED) is 0.614. The lowest BCUT2D eigenvalue weighted by atomic mass is 9.73. The Hall–Kier alpha value is -0.210. The van der Waals surface area contributed by atoms with Gasteiger partial charge in [0.2, 0.25) is 0 Å². The third kappa shape index (κ3) is 3.57. The number of rotatable bonds is 2. The third-order valence-electron chi connectivity index (χ3n) is 2.39. The summed E-state index contributed by atoms with van der Waals surface area (Å²) >= 11 is 0. The van der Waals surface area contributed by atoms with Crippen molar-refractivity contribution in [2.45, 2.75) is 53.6 Å². The lowest BCUT2D eigenvalue weighted by Gasteiger charge is -2.36. The van der Waals surface area contributed by atoms with Gasteiger partial charge in [-0.3, -0.25) is 0 Å². The second-order valence-electron chi connectivity index (χ2n) is 5.15. The fourth-order valence-corrected chi connectivity index (χ4v) is 1.60. The maximum atomic E-state index is 12.6. The van der Waals surface area contributed by atoms with Crippen molar-refractivity contribution >= 4 is 0 Å². The molecule has 0 aliphatic heterocycles. The molecule has 0 nitrogen and oxygen atoms in total. The number of hydrogen-bond donors (Lipinski definition) is 0. The Labute approximate surface area is 78.5 Å². The summed E-state index contributed by atoms with van der Waals surface area (Å²) in [6.45, 7) is 8.42. The second kappa shape index (κ2) is 3.50. The first-order valence-electron chi connectivity index (χ1n) is 4.58. The first-order chi connectivity index (χ1) is 5.52. The molecule has 0 fully saturated rings. The van der Waals surface area contributed by atoms with Crippen molar-refractivity contribution < 1.29 is 13.2 Å². The smallest absolute Gasteiger partial charge is 0.171 e. The van der Waals surface area contributed by atoms with Gasteiger partial charge in [0.05, 0.1) is 5.41 Å². The first-order valence-corrected chi connectivity index (χ1v) is 4.58. The molecule has 0 bridgehead atoms. The molecule has 0 aromatic carbocycles. The van der Waals surface area contributed by atoms with Gasteiger partial charge in [0.25, 0.3) is 0 Å². The van der Waals surface area contributed by atoms with E-state index in [2.05, 4.69) is 0 Å². The standard InChI is InChI=1S/C10H19F3/c1-6-9(5,10(11,12)13)7-8(2,3)4/h6-7H2,1-5H3. The molecule has 0 aromatic rings. The van der Waals surface area contributed by atoms with Crippen LogP contribution in [0.15, 0.2) is 0 Å². The van der Waals surface area contributed by atoms with Crippen LogP contribution in [0, 0.1) is 10.8 Å². The Bertz CT molecular complexity index is 164. The Morgan fingerprint density at radius 3 is 1.38 bits per heavy atom. The monoisotopic (exact) mass is 196 g/mol. The van der Waals surface area contributed by atoms with Crippen molar-refractivity contribution in [3.05, 3.63) is 0 Å². The molecule has 13 heavy (non-hydrogen) atoms. The van der Waals surface area contributed by atoms with Crippen molar-refractivity contribution in [2.24, 2.45) is 10.8 Å². The topological polar surface area (TPSA) is 0 Å². The summed E-state index contributed by atoms with van der Waals surface area (Å²) < 4.78 is 37.9. The summed E-state index contributed by atoms with van der Waals surface area (Å²) in [5.41, 5.74) is -1.81. The van der Waals surface area contributed by atoms with E-state index >= 15 is 0 Å². The molecule has 0 saturated heterocycles. The molecule has 0 saturated carbocycles. The molecule has 0 aromatic heterocycles. The van der Waals surface area contributed by atoms with Crippen LogP contribution in [0.2, 0.25) is 0 Å². The van der Waals surface area contributed by atoms with Gasteiger partial charge in [-0.2, -0.15) is 13.2 Å². The normalized spacial score (nSPS) is 18.5. The molecule has 0 spiro atoms. The highest BCUT2D eigenvalue weighted by molar-refractivity contribution is 4.85. The minimum absolute atomic E-state index is 0.147. The highest BCUT2D eigenvalue weighted by Gasteiger charge is 2.50. The molecule has 0 heterocycles. The average Bonchev–Trinajstić information content (AvgIpc) is 1.81. The van der Waals surface area contributed by atoms with Crippen molar-refractivity contribution in [3.8, 4) is 0 Å². The minimum Gasteiger partial charge on any atom is -0.171 e. The van der Waals surface area contributed by atoms with Gasteiger partial charge in [0.1, 0.15) is 0 Å². The molecule has 1 unspecified atom stereocenters. The highest BCUT2D eigenvalue weighted by Crippen LogP contribution is 2.47. The largest absolute Gasteiger partial charge is 0.394 e. The molecule has 0 aliphatic rings. The molecule has 3 heteroatoms. The van der Waals surface area contributed by atoms with Gasteiger partial charge in [0, 0.05) is 0 Å². The Kier molecular flexibility index (Phi) is 3.45. The number of hydrogen-bond acceptors (Lipinski definition) is 0. The van der Waals surface area contributed by atoms with E-state index in [1.165, 1.54) is 6.92 Å². The maximum Gasteiger partial charge on any atom is 0.394 e. The molecule has 80 valence electrons. The van der Waals surface area contributed by atoms with E-state index in [0.29, 0.717) is 0 Å². The summed E-state index contributed by atoms with van der Waals surface area (Å²) in [6, 6.07) is 0. The van der Waals surface area contributed by atoms with E-state index in [9.17, 15) is 13.2 Å². The predicted molar refractivity (Wildman–Crippen MR) is 48.5 cm³/mol. The van der Waals surface area contributed by atoms with E-state index in [0.717, 1.165) is 0 Å². The van der Waals surface area contributed by atoms with Gasteiger partial charge in [-0.15, -0.1) is 0 Å². The van der Waals surface area contributed by atoms with E-state index in [1.54, 1.807) is 6.92 Å². The third-order valence-corrected chi connectivity index (χ3v) is 2.39. The summed E-state index contributed by atoms with van der Waals surface area (Å²) in [7, 11) is 0. The summed E-state index contributed by atoms with van der Waals surface area (Å²) in [5.74, 6) is 0. The molecule has 0 rings (SSSR count). The minimum atomic E-state index is -4.09. The van der Waals surface area contributed by atoms with Crippen LogP contribution in [0.25, 0.3) is 0 Å². The zero-order valence-corrected chi connectivity index (χ0v) is 9.05. The summed E-state index contributed by atoms with van der Waals surface area (Å²) in [5, 5.41) is 0. The zero-order chi connectivity index (χ0) is 10.9. The van der Waals surface area contributed by atoms with Gasteiger partial charge in [-0.1, -0.05) is 34.6 Å². The second-order valence-corrected chi connectivity index (χ2v) is 5.15. The van der Waals surface area contributed by atoms with E-state index < -0.39 is 11.6 Å². The van der Waals surface area contributed by atoms with Gasteiger partial charge in [-0.25, -0.2) is 0 Å². The summed E-state index contributed by atoms with van der Waals surface area (Å²) in [4.78, 5) is 0. The van der Waals surface area contributed by atoms with Crippen LogP contribution in [0.4, 0.5) is 13.2 Å².